The van der Waals surface area contributed by atoms with Crippen molar-refractivity contribution in [3.05, 3.63) is 34.2 Å². The van der Waals surface area contributed by atoms with Gasteiger partial charge in [-0.15, -0.1) is 10.2 Å². The lowest BCUT2D eigenvalue weighted by molar-refractivity contribution is -0.147. The zero-order chi connectivity index (χ0) is 18.9. The molecule has 0 radical (unpaired) electrons. The first kappa shape index (κ1) is 20.3. The van der Waals surface area contributed by atoms with E-state index >= 15 is 0 Å². The molecule has 1 aromatic heterocycles. The minimum absolute atomic E-state index is 0.229. The normalized spacial score (nSPS) is 11.5. The molecule has 0 aliphatic carbocycles. The van der Waals surface area contributed by atoms with Crippen LogP contribution in [0.4, 0.5) is 5.69 Å². The highest BCUT2D eigenvalue weighted by atomic mass is 79.9. The van der Waals surface area contributed by atoms with Crippen molar-refractivity contribution in [3.63, 3.8) is 0 Å². The summed E-state index contributed by atoms with van der Waals surface area (Å²) in [7, 11) is 0. The van der Waals surface area contributed by atoms with E-state index in [-0.39, 0.29) is 6.54 Å². The molecule has 1 heterocycles. The Balaban J connectivity index is 1.67. The van der Waals surface area contributed by atoms with Crippen LogP contribution >= 0.6 is 39.0 Å². The fourth-order valence-corrected chi connectivity index (χ4v) is 3.66. The van der Waals surface area contributed by atoms with Gasteiger partial charge in [0.15, 0.2) is 10.9 Å². The van der Waals surface area contributed by atoms with E-state index in [0.717, 1.165) is 4.47 Å². The lowest BCUT2D eigenvalue weighted by atomic mass is 10.3. The van der Waals surface area contributed by atoms with E-state index in [1.165, 1.54) is 23.1 Å². The highest BCUT2D eigenvalue weighted by Gasteiger charge is 2.19. The van der Waals surface area contributed by atoms with E-state index < -0.39 is 29.6 Å². The Bertz CT molecular complexity index is 773. The molecule has 138 valence electrons. The number of hydrogen-bond donors (Lipinski definition) is 2. The lowest BCUT2D eigenvalue weighted by Crippen LogP contribution is -2.36. The first-order valence-electron chi connectivity index (χ1n) is 7.36. The second-order valence-corrected chi connectivity index (χ2v) is 8.15. The SMILES string of the molecule is CC(Sc1nncs1)C(=O)OCC(=O)NCC(=O)Nc1ccccc1Br. The molecule has 0 aliphatic rings. The molecule has 8 nitrogen and oxygen atoms in total. The maximum atomic E-state index is 11.8. The topological polar surface area (TPSA) is 110 Å². The van der Waals surface area contributed by atoms with Gasteiger partial charge in [0.2, 0.25) is 5.91 Å². The number of nitrogens with zero attached hydrogens (tertiary/aromatic N) is 2. The van der Waals surface area contributed by atoms with Crippen molar-refractivity contribution in [2.24, 2.45) is 0 Å². The molecule has 2 aromatic rings. The molecular formula is C15H15BrN4O4S2. The third-order valence-corrected chi connectivity index (χ3v) is 5.47. The highest BCUT2D eigenvalue weighted by Crippen LogP contribution is 2.24. The van der Waals surface area contributed by atoms with Gasteiger partial charge in [-0.1, -0.05) is 35.2 Å². The molecule has 0 saturated carbocycles. The molecule has 1 unspecified atom stereocenters. The van der Waals surface area contributed by atoms with Crippen LogP contribution in [-0.4, -0.2) is 46.4 Å². The number of rotatable bonds is 8. The van der Waals surface area contributed by atoms with Gasteiger partial charge in [0.1, 0.15) is 10.8 Å². The zero-order valence-corrected chi connectivity index (χ0v) is 16.8. The Morgan fingerprint density at radius 2 is 2.08 bits per heavy atom. The summed E-state index contributed by atoms with van der Waals surface area (Å²) >= 11 is 5.82. The summed E-state index contributed by atoms with van der Waals surface area (Å²) in [6, 6.07) is 7.11. The summed E-state index contributed by atoms with van der Waals surface area (Å²) in [5, 5.41) is 12.0. The first-order chi connectivity index (χ1) is 12.5. The maximum absolute atomic E-state index is 11.8. The van der Waals surface area contributed by atoms with E-state index in [2.05, 4.69) is 36.8 Å². The molecule has 2 amide bonds. The number of hydrogen-bond acceptors (Lipinski definition) is 8. The highest BCUT2D eigenvalue weighted by molar-refractivity contribution is 9.10. The third-order valence-electron chi connectivity index (χ3n) is 2.89. The van der Waals surface area contributed by atoms with Crippen LogP contribution < -0.4 is 10.6 Å². The first-order valence-corrected chi connectivity index (χ1v) is 9.91. The van der Waals surface area contributed by atoms with Gasteiger partial charge >= 0.3 is 5.97 Å². The number of esters is 1. The Hall–Kier alpha value is -1.98. The lowest BCUT2D eigenvalue weighted by Gasteiger charge is -2.10. The van der Waals surface area contributed by atoms with E-state index in [4.69, 9.17) is 4.74 Å². The number of thioether (sulfide) groups is 1. The number of para-hydroxylation sites is 1. The van der Waals surface area contributed by atoms with Crippen molar-refractivity contribution in [3.8, 4) is 0 Å². The molecule has 2 rings (SSSR count). The fourth-order valence-electron chi connectivity index (χ4n) is 1.65. The molecule has 11 heteroatoms. The molecular weight excluding hydrogens is 444 g/mol. The van der Waals surface area contributed by atoms with E-state index in [1.807, 2.05) is 6.07 Å². The van der Waals surface area contributed by atoms with Crippen molar-refractivity contribution in [2.45, 2.75) is 16.5 Å². The van der Waals surface area contributed by atoms with Gasteiger partial charge in [-0.2, -0.15) is 0 Å². The molecule has 0 fully saturated rings. The van der Waals surface area contributed by atoms with Crippen LogP contribution in [0.2, 0.25) is 0 Å². The predicted molar refractivity (Wildman–Crippen MR) is 102 cm³/mol. The van der Waals surface area contributed by atoms with Gasteiger partial charge in [-0.05, 0) is 35.0 Å². The smallest absolute Gasteiger partial charge is 0.319 e. The number of ether oxygens (including phenoxy) is 1. The molecule has 0 saturated heterocycles. The van der Waals surface area contributed by atoms with Gasteiger partial charge in [0.25, 0.3) is 5.91 Å². The molecule has 1 aromatic carbocycles. The average Bonchev–Trinajstić information content (AvgIpc) is 3.12. The number of amides is 2. The van der Waals surface area contributed by atoms with Crippen molar-refractivity contribution < 1.29 is 19.1 Å². The van der Waals surface area contributed by atoms with Crippen molar-refractivity contribution >= 4 is 62.5 Å². The van der Waals surface area contributed by atoms with Crippen LogP contribution in [0.25, 0.3) is 0 Å². The Morgan fingerprint density at radius 3 is 2.77 bits per heavy atom. The maximum Gasteiger partial charge on any atom is 0.319 e. The van der Waals surface area contributed by atoms with Crippen molar-refractivity contribution in [2.75, 3.05) is 18.5 Å². The number of carbonyl (C=O) groups is 3. The summed E-state index contributed by atoms with van der Waals surface area (Å²) < 4.78 is 6.30. The summed E-state index contributed by atoms with van der Waals surface area (Å²) in [4.78, 5) is 35.4. The Morgan fingerprint density at radius 1 is 1.31 bits per heavy atom. The van der Waals surface area contributed by atoms with Crippen LogP contribution in [0.1, 0.15) is 6.92 Å². The number of halogens is 1. The van der Waals surface area contributed by atoms with Crippen LogP contribution in [-0.2, 0) is 19.1 Å². The number of benzene rings is 1. The predicted octanol–water partition coefficient (Wildman–Crippen LogP) is 2.08. The molecule has 0 spiro atoms. The number of aromatic nitrogens is 2. The van der Waals surface area contributed by atoms with Crippen LogP contribution in [0.5, 0.6) is 0 Å². The van der Waals surface area contributed by atoms with E-state index in [0.29, 0.717) is 10.0 Å². The van der Waals surface area contributed by atoms with Crippen LogP contribution in [0.3, 0.4) is 0 Å². The molecule has 26 heavy (non-hydrogen) atoms. The van der Waals surface area contributed by atoms with Gasteiger partial charge < -0.3 is 15.4 Å². The molecule has 0 aliphatic heterocycles. The number of carbonyl (C=O) groups excluding carboxylic acids is 3. The molecule has 1 atom stereocenters. The van der Waals surface area contributed by atoms with Crippen LogP contribution in [0.15, 0.2) is 38.6 Å². The third kappa shape index (κ3) is 6.73. The second kappa shape index (κ2) is 10.2. The molecule has 0 bridgehead atoms. The standard InChI is InChI=1S/C15H15BrN4O4S2/c1-9(26-15-20-18-8-25-15)14(23)24-7-13(22)17-6-12(21)19-11-5-3-2-4-10(11)16/h2-5,8-9H,6-7H2,1H3,(H,17,22)(H,19,21). The minimum Gasteiger partial charge on any atom is -0.455 e. The van der Waals surface area contributed by atoms with Gasteiger partial charge in [0, 0.05) is 4.47 Å². The van der Waals surface area contributed by atoms with Crippen molar-refractivity contribution in [1.82, 2.24) is 15.5 Å². The average molecular weight is 459 g/mol. The quantitative estimate of drug-likeness (QED) is 0.460. The molecule has 2 N–H and O–H groups in total. The largest absolute Gasteiger partial charge is 0.455 e. The van der Waals surface area contributed by atoms with Gasteiger partial charge in [0.05, 0.1) is 12.2 Å². The van der Waals surface area contributed by atoms with Gasteiger partial charge in [-0.25, -0.2) is 0 Å². The van der Waals surface area contributed by atoms with E-state index in [9.17, 15) is 14.4 Å². The van der Waals surface area contributed by atoms with Crippen molar-refractivity contribution in [1.29, 1.82) is 0 Å². The van der Waals surface area contributed by atoms with E-state index in [1.54, 1.807) is 30.6 Å². The Kier molecular flexibility index (Phi) is 8.01. The minimum atomic E-state index is -0.561. The summed E-state index contributed by atoms with van der Waals surface area (Å²) in [6.07, 6.45) is 0. The number of anilines is 1. The second-order valence-electron chi connectivity index (χ2n) is 4.88. The zero-order valence-electron chi connectivity index (χ0n) is 13.6. The number of nitrogens with one attached hydrogen (secondary N) is 2. The summed E-state index contributed by atoms with van der Waals surface area (Å²) in [5.41, 5.74) is 2.16. The monoisotopic (exact) mass is 458 g/mol. The summed E-state index contributed by atoms with van der Waals surface area (Å²) in [5.74, 6) is -1.50. The summed E-state index contributed by atoms with van der Waals surface area (Å²) in [6.45, 7) is 0.965. The Labute approximate surface area is 166 Å². The fraction of sp³-hybridized carbons (Fsp3) is 0.267. The van der Waals surface area contributed by atoms with Crippen LogP contribution in [0, 0.1) is 0 Å². The van der Waals surface area contributed by atoms with Gasteiger partial charge in [-0.3, -0.25) is 14.4 Å².